The summed E-state index contributed by atoms with van der Waals surface area (Å²) in [5, 5.41) is 2.47. The summed E-state index contributed by atoms with van der Waals surface area (Å²) in [6.07, 6.45) is -2.11. The van der Waals surface area contributed by atoms with Gasteiger partial charge in [0.25, 0.3) is 5.91 Å². The predicted octanol–water partition coefficient (Wildman–Crippen LogP) is 2.47. The summed E-state index contributed by atoms with van der Waals surface area (Å²) in [5.41, 5.74) is 0. The maximum atomic E-state index is 13.1. The van der Waals surface area contributed by atoms with Gasteiger partial charge in [-0.2, -0.15) is 0 Å². The van der Waals surface area contributed by atoms with E-state index in [1.165, 1.54) is 25.1 Å². The molecule has 6 nitrogen and oxygen atoms in total. The quantitative estimate of drug-likeness (QED) is 0.877. The normalized spacial score (nSPS) is 11.8. The van der Waals surface area contributed by atoms with Crippen molar-refractivity contribution in [2.75, 3.05) is 7.11 Å². The Bertz CT molecular complexity index is 742. The number of hydrogen-bond acceptors (Lipinski definition) is 6. The number of esters is 1. The third-order valence-corrected chi connectivity index (χ3v) is 3.84. The third-order valence-electron chi connectivity index (χ3n) is 2.74. The molecule has 0 radical (unpaired) electrons. The van der Waals surface area contributed by atoms with Gasteiger partial charge in [0.1, 0.15) is 10.7 Å². The summed E-state index contributed by atoms with van der Waals surface area (Å²) in [7, 11) is 1.11. The van der Waals surface area contributed by atoms with Crippen LogP contribution >= 0.6 is 11.3 Å². The van der Waals surface area contributed by atoms with Crippen LogP contribution < -0.4 is 5.32 Å². The number of carbonyl (C=O) groups excluding carboxylic acids is 3. The van der Waals surface area contributed by atoms with Crippen LogP contribution in [0.5, 0.6) is 0 Å². The number of amides is 2. The highest BCUT2D eigenvalue weighted by Crippen LogP contribution is 2.27. The van der Waals surface area contributed by atoms with Crippen LogP contribution in [-0.4, -0.2) is 31.2 Å². The van der Waals surface area contributed by atoms with Crippen molar-refractivity contribution in [1.29, 1.82) is 0 Å². The van der Waals surface area contributed by atoms with Crippen LogP contribution in [0.1, 0.15) is 16.6 Å². The number of nitrogens with one attached hydrogen (secondary N) is 1. The van der Waals surface area contributed by atoms with Crippen LogP contribution in [-0.2, 0) is 14.3 Å². The molecule has 0 aliphatic carbocycles. The van der Waals surface area contributed by atoms with Gasteiger partial charge < -0.3 is 9.47 Å². The van der Waals surface area contributed by atoms with Gasteiger partial charge in [0.05, 0.1) is 7.11 Å². The zero-order valence-corrected chi connectivity index (χ0v) is 12.5. The minimum Gasteiger partial charge on any atom is -0.453 e. The molecular weight excluding hydrogens is 313 g/mol. The number of thiophene rings is 1. The lowest BCUT2D eigenvalue weighted by Crippen LogP contribution is -2.39. The van der Waals surface area contributed by atoms with Gasteiger partial charge in [0.2, 0.25) is 0 Å². The van der Waals surface area contributed by atoms with E-state index in [-0.39, 0.29) is 4.88 Å². The van der Waals surface area contributed by atoms with Crippen LogP contribution in [0.3, 0.4) is 0 Å². The predicted molar refractivity (Wildman–Crippen MR) is 77.2 cm³/mol. The minimum atomic E-state index is -1.17. The lowest BCUT2D eigenvalue weighted by atomic mass is 10.2. The molecule has 0 saturated carbocycles. The molecule has 0 aliphatic rings. The van der Waals surface area contributed by atoms with Crippen molar-refractivity contribution in [1.82, 2.24) is 5.32 Å². The van der Waals surface area contributed by atoms with Crippen LogP contribution in [0.15, 0.2) is 24.3 Å². The van der Waals surface area contributed by atoms with E-state index in [2.05, 4.69) is 4.74 Å². The largest absolute Gasteiger partial charge is 0.453 e. The van der Waals surface area contributed by atoms with Gasteiger partial charge in [0, 0.05) is 4.70 Å². The zero-order chi connectivity index (χ0) is 16.3. The van der Waals surface area contributed by atoms with Crippen molar-refractivity contribution in [3.63, 3.8) is 0 Å². The molecule has 1 aromatic carbocycles. The zero-order valence-electron chi connectivity index (χ0n) is 11.7. The molecule has 2 rings (SSSR count). The van der Waals surface area contributed by atoms with Gasteiger partial charge in [-0.25, -0.2) is 14.0 Å². The Labute approximate surface area is 128 Å². The van der Waals surface area contributed by atoms with E-state index in [0.717, 1.165) is 23.1 Å². The van der Waals surface area contributed by atoms with Crippen molar-refractivity contribution in [3.05, 3.63) is 35.0 Å². The summed E-state index contributed by atoms with van der Waals surface area (Å²) in [4.78, 5) is 34.7. The van der Waals surface area contributed by atoms with Crippen LogP contribution in [0, 0.1) is 5.82 Å². The van der Waals surface area contributed by atoms with Crippen LogP contribution in [0.2, 0.25) is 0 Å². The average molecular weight is 325 g/mol. The number of fused-ring (bicyclic) bond motifs is 1. The van der Waals surface area contributed by atoms with E-state index >= 15 is 0 Å². The van der Waals surface area contributed by atoms with Crippen molar-refractivity contribution in [2.45, 2.75) is 13.0 Å². The lowest BCUT2D eigenvalue weighted by Gasteiger charge is -2.11. The molecule has 0 saturated heterocycles. The van der Waals surface area contributed by atoms with Gasteiger partial charge in [-0.05, 0) is 36.6 Å². The number of ether oxygens (including phenoxy) is 2. The maximum Gasteiger partial charge on any atom is 0.413 e. The van der Waals surface area contributed by atoms with Crippen molar-refractivity contribution < 1.29 is 28.2 Å². The fourth-order valence-electron chi connectivity index (χ4n) is 1.64. The molecule has 1 N–H and O–H groups in total. The molecule has 1 heterocycles. The number of halogens is 1. The summed E-state index contributed by atoms with van der Waals surface area (Å²) >= 11 is 1.12. The van der Waals surface area contributed by atoms with E-state index in [0.29, 0.717) is 5.39 Å². The Hall–Kier alpha value is -2.48. The van der Waals surface area contributed by atoms with E-state index in [1.54, 1.807) is 6.07 Å². The van der Waals surface area contributed by atoms with Crippen LogP contribution in [0.25, 0.3) is 10.1 Å². The fraction of sp³-hybridized carbons (Fsp3) is 0.214. The molecule has 2 amide bonds. The Morgan fingerprint density at radius 2 is 2.00 bits per heavy atom. The molecule has 0 bridgehead atoms. The van der Waals surface area contributed by atoms with E-state index in [1.807, 2.05) is 5.32 Å². The number of hydrogen-bond donors (Lipinski definition) is 1. The summed E-state index contributed by atoms with van der Waals surface area (Å²) in [6.45, 7) is 1.32. The first-order valence-corrected chi connectivity index (χ1v) is 7.01. The second kappa shape index (κ2) is 6.52. The molecular formula is C14H12FNO5S. The number of alkyl carbamates (subject to hydrolysis) is 1. The van der Waals surface area contributed by atoms with Crippen molar-refractivity contribution in [3.8, 4) is 0 Å². The monoisotopic (exact) mass is 325 g/mol. The first-order valence-electron chi connectivity index (χ1n) is 6.19. The summed E-state index contributed by atoms with van der Waals surface area (Å²) < 4.78 is 23.1. The SMILES string of the molecule is COC(=O)NC(=O)[C@@H](C)OC(=O)c1cc2cc(F)ccc2s1. The minimum absolute atomic E-state index is 0.235. The first kappa shape index (κ1) is 15.9. The number of imide groups is 1. The average Bonchev–Trinajstić information content (AvgIpc) is 2.89. The Morgan fingerprint density at radius 3 is 2.68 bits per heavy atom. The number of carbonyl (C=O) groups is 3. The van der Waals surface area contributed by atoms with Crippen molar-refractivity contribution in [2.24, 2.45) is 0 Å². The van der Waals surface area contributed by atoms with Crippen LogP contribution in [0.4, 0.5) is 9.18 Å². The molecule has 8 heteroatoms. The second-order valence-electron chi connectivity index (χ2n) is 4.32. The number of methoxy groups -OCH3 is 1. The highest BCUT2D eigenvalue weighted by molar-refractivity contribution is 7.20. The molecule has 1 aromatic heterocycles. The third kappa shape index (κ3) is 3.59. The molecule has 22 heavy (non-hydrogen) atoms. The molecule has 0 aliphatic heterocycles. The summed E-state index contributed by atoms with van der Waals surface area (Å²) in [5.74, 6) is -1.93. The molecule has 116 valence electrons. The van der Waals surface area contributed by atoms with Gasteiger partial charge in [0.15, 0.2) is 6.10 Å². The molecule has 1 atom stereocenters. The van der Waals surface area contributed by atoms with Crippen molar-refractivity contribution >= 4 is 39.4 Å². The van der Waals surface area contributed by atoms with Gasteiger partial charge in [-0.1, -0.05) is 0 Å². The van der Waals surface area contributed by atoms with E-state index in [4.69, 9.17) is 4.74 Å². The Morgan fingerprint density at radius 1 is 1.27 bits per heavy atom. The lowest BCUT2D eigenvalue weighted by molar-refractivity contribution is -0.128. The molecule has 2 aromatic rings. The van der Waals surface area contributed by atoms with E-state index < -0.39 is 29.9 Å². The standard InChI is InChI=1S/C14H12FNO5S/c1-7(12(17)16-14(19)20-2)21-13(18)11-6-8-5-9(15)3-4-10(8)22-11/h3-7H,1-2H3,(H,16,17,19)/t7-/m1/s1. The van der Waals surface area contributed by atoms with Gasteiger partial charge in [-0.15, -0.1) is 11.3 Å². The highest BCUT2D eigenvalue weighted by Gasteiger charge is 2.22. The van der Waals surface area contributed by atoms with Gasteiger partial charge in [-0.3, -0.25) is 10.1 Å². The fourth-order valence-corrected chi connectivity index (χ4v) is 2.57. The maximum absolute atomic E-state index is 13.1. The topological polar surface area (TPSA) is 81.7 Å². The highest BCUT2D eigenvalue weighted by atomic mass is 32.1. The number of benzene rings is 1. The summed E-state index contributed by atoms with van der Waals surface area (Å²) in [6, 6.07) is 5.63. The Balaban J connectivity index is 2.07. The number of rotatable bonds is 3. The Kier molecular flexibility index (Phi) is 4.71. The molecule has 0 spiro atoms. The molecule has 0 unspecified atom stereocenters. The first-order chi connectivity index (χ1) is 10.4. The smallest absolute Gasteiger partial charge is 0.413 e. The molecule has 0 fully saturated rings. The van der Waals surface area contributed by atoms with Gasteiger partial charge >= 0.3 is 12.1 Å². The second-order valence-corrected chi connectivity index (χ2v) is 5.40. The van der Waals surface area contributed by atoms with E-state index in [9.17, 15) is 18.8 Å².